The quantitative estimate of drug-likeness (QED) is 0.644. The van der Waals surface area contributed by atoms with Gasteiger partial charge in [-0.3, -0.25) is 4.79 Å². The second-order valence-corrected chi connectivity index (χ2v) is 5.27. The van der Waals surface area contributed by atoms with Crippen LogP contribution < -0.4 is 0 Å². The van der Waals surface area contributed by atoms with E-state index in [9.17, 15) is 4.79 Å². The molecule has 0 aromatic heterocycles. The van der Waals surface area contributed by atoms with Crippen LogP contribution in [0.1, 0.15) is 32.6 Å². The lowest BCUT2D eigenvalue weighted by molar-refractivity contribution is -0.132. The molecule has 0 aromatic rings. The molecule has 1 amide bonds. The van der Waals surface area contributed by atoms with E-state index in [2.05, 4.69) is 0 Å². The van der Waals surface area contributed by atoms with Gasteiger partial charge in [0.1, 0.15) is 5.38 Å². The van der Waals surface area contributed by atoms with Gasteiger partial charge in [-0.15, -0.1) is 11.6 Å². The second-order valence-electron chi connectivity index (χ2n) is 4.61. The summed E-state index contributed by atoms with van der Waals surface area (Å²) in [4.78, 5) is 13.6. The third kappa shape index (κ3) is 2.28. The Bertz CT molecular complexity index is 249. The van der Waals surface area contributed by atoms with Crippen LogP contribution in [0.3, 0.4) is 0 Å². The van der Waals surface area contributed by atoms with Crippen molar-refractivity contribution in [1.82, 2.24) is 4.90 Å². The molecule has 2 atom stereocenters. The van der Waals surface area contributed by atoms with E-state index in [-0.39, 0.29) is 11.5 Å². The summed E-state index contributed by atoms with van der Waals surface area (Å²) in [5.74, 6) is 0.0442. The third-order valence-corrected chi connectivity index (χ3v) is 3.59. The first-order valence-corrected chi connectivity index (χ1v) is 6.13. The number of halogens is 1. The number of ether oxygens (including phenoxy) is 1. The highest BCUT2D eigenvalue weighted by Gasteiger charge is 2.42. The van der Waals surface area contributed by atoms with Crippen LogP contribution >= 0.6 is 11.6 Å². The Hall–Kier alpha value is -0.280. The molecule has 1 spiro atoms. The average molecular weight is 232 g/mol. The Kier molecular flexibility index (Phi) is 3.21. The Morgan fingerprint density at radius 1 is 1.47 bits per heavy atom. The molecule has 0 saturated carbocycles. The Balaban J connectivity index is 1.96. The average Bonchev–Trinajstić information content (AvgIpc) is 2.62. The van der Waals surface area contributed by atoms with Gasteiger partial charge in [0.25, 0.3) is 0 Å². The first kappa shape index (κ1) is 11.2. The summed E-state index contributed by atoms with van der Waals surface area (Å²) in [6.07, 6.45) is 4.44. The van der Waals surface area contributed by atoms with Gasteiger partial charge in [0.05, 0.1) is 5.60 Å². The maximum Gasteiger partial charge on any atom is 0.240 e. The number of amides is 1. The van der Waals surface area contributed by atoms with Crippen molar-refractivity contribution in [1.29, 1.82) is 0 Å². The number of hydrogen-bond donors (Lipinski definition) is 0. The third-order valence-electron chi connectivity index (χ3n) is 3.40. The number of nitrogens with zero attached hydrogens (tertiary/aromatic N) is 1. The largest absolute Gasteiger partial charge is 0.373 e. The molecule has 86 valence electrons. The highest BCUT2D eigenvalue weighted by Crippen LogP contribution is 2.34. The standard InChI is InChI=1S/C11H18ClNO2/c1-9(12)10(14)13-6-5-11(8-13)4-2-3-7-15-11/h9H,2-8H2,1H3/t9-,11-/m1/s1. The van der Waals surface area contributed by atoms with E-state index in [1.165, 1.54) is 6.42 Å². The monoisotopic (exact) mass is 231 g/mol. The van der Waals surface area contributed by atoms with Gasteiger partial charge >= 0.3 is 0 Å². The summed E-state index contributed by atoms with van der Waals surface area (Å²) in [5.41, 5.74) is -0.0420. The minimum atomic E-state index is -0.413. The lowest BCUT2D eigenvalue weighted by Crippen LogP contribution is -2.42. The van der Waals surface area contributed by atoms with Crippen molar-refractivity contribution in [3.63, 3.8) is 0 Å². The predicted molar refractivity (Wildman–Crippen MR) is 59.0 cm³/mol. The Morgan fingerprint density at radius 3 is 2.87 bits per heavy atom. The summed E-state index contributed by atoms with van der Waals surface area (Å²) in [7, 11) is 0. The molecule has 2 fully saturated rings. The molecular weight excluding hydrogens is 214 g/mol. The summed E-state index contributed by atoms with van der Waals surface area (Å²) >= 11 is 5.80. The van der Waals surface area contributed by atoms with Gasteiger partial charge in [0, 0.05) is 19.7 Å². The highest BCUT2D eigenvalue weighted by atomic mass is 35.5. The minimum absolute atomic E-state index is 0.0420. The summed E-state index contributed by atoms with van der Waals surface area (Å²) < 4.78 is 5.85. The fourth-order valence-corrected chi connectivity index (χ4v) is 2.65. The molecule has 0 aliphatic carbocycles. The van der Waals surface area contributed by atoms with E-state index >= 15 is 0 Å². The molecule has 2 rings (SSSR count). The lowest BCUT2D eigenvalue weighted by atomic mass is 9.93. The van der Waals surface area contributed by atoms with Crippen LogP contribution in [0.4, 0.5) is 0 Å². The van der Waals surface area contributed by atoms with Gasteiger partial charge in [0.15, 0.2) is 0 Å². The van der Waals surface area contributed by atoms with E-state index in [0.29, 0.717) is 0 Å². The van der Waals surface area contributed by atoms with Crippen LogP contribution in [0.15, 0.2) is 0 Å². The lowest BCUT2D eigenvalue weighted by Gasteiger charge is -2.33. The van der Waals surface area contributed by atoms with Crippen molar-refractivity contribution < 1.29 is 9.53 Å². The molecule has 2 aliphatic heterocycles. The molecule has 2 heterocycles. The topological polar surface area (TPSA) is 29.5 Å². The van der Waals surface area contributed by atoms with E-state index in [0.717, 1.165) is 39.0 Å². The van der Waals surface area contributed by atoms with Gasteiger partial charge in [0.2, 0.25) is 5.91 Å². The number of rotatable bonds is 1. The smallest absolute Gasteiger partial charge is 0.240 e. The maximum absolute atomic E-state index is 11.7. The first-order valence-electron chi connectivity index (χ1n) is 5.70. The fourth-order valence-electron chi connectivity index (χ4n) is 2.52. The molecule has 0 N–H and O–H groups in total. The van der Waals surface area contributed by atoms with Gasteiger partial charge in [-0.05, 0) is 32.6 Å². The number of likely N-dealkylation sites (tertiary alicyclic amines) is 1. The van der Waals surface area contributed by atoms with Gasteiger partial charge in [-0.1, -0.05) is 0 Å². The maximum atomic E-state index is 11.7. The molecule has 4 heteroatoms. The van der Waals surface area contributed by atoms with Crippen LogP contribution in [0.5, 0.6) is 0 Å². The Morgan fingerprint density at radius 2 is 2.27 bits per heavy atom. The van der Waals surface area contributed by atoms with E-state index in [1.807, 2.05) is 4.90 Å². The fraction of sp³-hybridized carbons (Fsp3) is 0.909. The highest BCUT2D eigenvalue weighted by molar-refractivity contribution is 6.30. The van der Waals surface area contributed by atoms with Crippen molar-refractivity contribution in [2.75, 3.05) is 19.7 Å². The van der Waals surface area contributed by atoms with E-state index in [1.54, 1.807) is 6.92 Å². The van der Waals surface area contributed by atoms with Crippen molar-refractivity contribution in [3.8, 4) is 0 Å². The van der Waals surface area contributed by atoms with Gasteiger partial charge < -0.3 is 9.64 Å². The first-order chi connectivity index (χ1) is 7.13. The molecule has 2 saturated heterocycles. The molecule has 2 aliphatic rings. The minimum Gasteiger partial charge on any atom is -0.373 e. The molecular formula is C11H18ClNO2. The van der Waals surface area contributed by atoms with Crippen LogP contribution in [0.25, 0.3) is 0 Å². The predicted octanol–water partition coefficient (Wildman–Crippen LogP) is 1.79. The second kappa shape index (κ2) is 4.30. The molecule has 0 radical (unpaired) electrons. The molecule has 3 nitrogen and oxygen atoms in total. The number of alkyl halides is 1. The van der Waals surface area contributed by atoms with Crippen LogP contribution in [0, 0.1) is 0 Å². The summed E-state index contributed by atoms with van der Waals surface area (Å²) in [6, 6.07) is 0. The van der Waals surface area contributed by atoms with Gasteiger partial charge in [-0.25, -0.2) is 0 Å². The number of carbonyl (C=O) groups is 1. The van der Waals surface area contributed by atoms with E-state index < -0.39 is 5.38 Å². The van der Waals surface area contributed by atoms with Gasteiger partial charge in [-0.2, -0.15) is 0 Å². The SMILES string of the molecule is C[C@@H](Cl)C(=O)N1CC[C@]2(CCCCO2)C1. The van der Waals surface area contributed by atoms with Crippen LogP contribution in [-0.4, -0.2) is 41.5 Å². The number of carbonyl (C=O) groups excluding carboxylic acids is 1. The zero-order valence-electron chi connectivity index (χ0n) is 9.17. The zero-order valence-corrected chi connectivity index (χ0v) is 9.92. The normalized spacial score (nSPS) is 33.3. The van der Waals surface area contributed by atoms with Crippen molar-refractivity contribution in [2.45, 2.75) is 43.6 Å². The van der Waals surface area contributed by atoms with E-state index in [4.69, 9.17) is 16.3 Å². The van der Waals surface area contributed by atoms with Crippen molar-refractivity contribution in [3.05, 3.63) is 0 Å². The van der Waals surface area contributed by atoms with Crippen LogP contribution in [-0.2, 0) is 9.53 Å². The summed E-state index contributed by atoms with van der Waals surface area (Å²) in [5, 5.41) is -0.413. The van der Waals surface area contributed by atoms with Crippen LogP contribution in [0.2, 0.25) is 0 Å². The number of hydrogen-bond acceptors (Lipinski definition) is 2. The zero-order chi connectivity index (χ0) is 10.9. The summed E-state index contributed by atoms with van der Waals surface area (Å²) in [6.45, 7) is 4.12. The van der Waals surface area contributed by atoms with Crippen molar-refractivity contribution >= 4 is 17.5 Å². The molecule has 0 unspecified atom stereocenters. The molecule has 0 aromatic carbocycles. The molecule has 15 heavy (non-hydrogen) atoms. The van der Waals surface area contributed by atoms with Crippen molar-refractivity contribution in [2.24, 2.45) is 0 Å². The molecule has 0 bridgehead atoms. The Labute approximate surface area is 95.7 Å².